The Hall–Kier alpha value is -1.26. The van der Waals surface area contributed by atoms with E-state index in [1.807, 2.05) is 13.0 Å². The molecule has 0 aliphatic heterocycles. The number of hydrogen-bond donors (Lipinski definition) is 1. The molecule has 0 bridgehead atoms. The van der Waals surface area contributed by atoms with Gasteiger partial charge in [0.1, 0.15) is 11.6 Å². The molecule has 1 heterocycles. The van der Waals surface area contributed by atoms with E-state index in [4.69, 9.17) is 4.42 Å². The van der Waals surface area contributed by atoms with E-state index in [-0.39, 0.29) is 5.82 Å². The van der Waals surface area contributed by atoms with Crippen LogP contribution in [0.25, 0.3) is 0 Å². The smallest absolute Gasteiger partial charge is 0.137 e. The Kier molecular flexibility index (Phi) is 3.54. The largest absolute Gasteiger partial charge is 0.468 e. The molecule has 1 atom stereocenters. The summed E-state index contributed by atoms with van der Waals surface area (Å²) in [6.45, 7) is 3.45. The van der Waals surface area contributed by atoms with E-state index in [0.717, 1.165) is 10.7 Å². The summed E-state index contributed by atoms with van der Waals surface area (Å²) in [6.07, 6.45) is 0.930. The minimum atomic E-state index is -0.654. The van der Waals surface area contributed by atoms with Crippen LogP contribution in [0.1, 0.15) is 24.4 Å². The van der Waals surface area contributed by atoms with E-state index < -0.39 is 6.10 Å². The normalized spacial score (nSPS) is 12.7. The van der Waals surface area contributed by atoms with Crippen molar-refractivity contribution in [3.05, 3.63) is 47.7 Å². The number of furan rings is 1. The molecule has 0 aliphatic rings. The highest BCUT2D eigenvalue weighted by Gasteiger charge is 2.10. The van der Waals surface area contributed by atoms with Gasteiger partial charge in [0.25, 0.3) is 0 Å². The van der Waals surface area contributed by atoms with Gasteiger partial charge in [-0.2, -0.15) is 0 Å². The van der Waals surface area contributed by atoms with Gasteiger partial charge < -0.3 is 9.52 Å². The molecule has 1 aromatic heterocycles. The van der Waals surface area contributed by atoms with Crippen LogP contribution in [0.3, 0.4) is 0 Å². The molecule has 2 rings (SSSR count). The van der Waals surface area contributed by atoms with Crippen molar-refractivity contribution in [3.8, 4) is 0 Å². The highest BCUT2D eigenvalue weighted by molar-refractivity contribution is 7.99. The zero-order valence-electron chi connectivity index (χ0n) is 9.61. The van der Waals surface area contributed by atoms with Crippen molar-refractivity contribution in [1.29, 1.82) is 0 Å². The fraction of sp³-hybridized carbons (Fsp3) is 0.231. The molecule has 17 heavy (non-hydrogen) atoms. The van der Waals surface area contributed by atoms with Crippen molar-refractivity contribution < 1.29 is 13.9 Å². The Morgan fingerprint density at radius 2 is 2.06 bits per heavy atom. The molecule has 0 unspecified atom stereocenters. The fourth-order valence-electron chi connectivity index (χ4n) is 1.46. The van der Waals surface area contributed by atoms with Crippen LogP contribution >= 0.6 is 11.8 Å². The first-order chi connectivity index (χ1) is 8.08. The van der Waals surface area contributed by atoms with Gasteiger partial charge in [-0.25, -0.2) is 4.39 Å². The Labute approximate surface area is 103 Å². The summed E-state index contributed by atoms with van der Waals surface area (Å²) in [4.78, 5) is 1.42. The van der Waals surface area contributed by atoms with Crippen molar-refractivity contribution in [2.75, 3.05) is 0 Å². The van der Waals surface area contributed by atoms with Gasteiger partial charge in [0.05, 0.1) is 17.3 Å². The van der Waals surface area contributed by atoms with Crippen LogP contribution in [0.15, 0.2) is 44.7 Å². The van der Waals surface area contributed by atoms with Crippen LogP contribution in [-0.2, 0) is 0 Å². The van der Waals surface area contributed by atoms with E-state index in [9.17, 15) is 9.50 Å². The quantitative estimate of drug-likeness (QED) is 0.898. The first kappa shape index (κ1) is 12.2. The summed E-state index contributed by atoms with van der Waals surface area (Å²) in [5.41, 5.74) is 0.579. The van der Waals surface area contributed by atoms with Crippen LogP contribution in [0.4, 0.5) is 4.39 Å². The number of halogens is 1. The number of rotatable bonds is 3. The molecule has 0 spiro atoms. The van der Waals surface area contributed by atoms with Crippen molar-refractivity contribution in [1.82, 2.24) is 0 Å². The molecule has 0 aliphatic carbocycles. The molecule has 1 aromatic carbocycles. The zero-order valence-corrected chi connectivity index (χ0v) is 10.4. The van der Waals surface area contributed by atoms with E-state index in [1.165, 1.54) is 17.8 Å². The molecule has 2 aromatic rings. The highest BCUT2D eigenvalue weighted by Crippen LogP contribution is 2.33. The Morgan fingerprint density at radius 1 is 1.29 bits per heavy atom. The second-order valence-corrected chi connectivity index (χ2v) is 4.89. The summed E-state index contributed by atoms with van der Waals surface area (Å²) < 4.78 is 18.9. The highest BCUT2D eigenvalue weighted by atomic mass is 32.2. The van der Waals surface area contributed by atoms with Crippen LogP contribution in [0.5, 0.6) is 0 Å². The maximum Gasteiger partial charge on any atom is 0.137 e. The number of hydrogen-bond acceptors (Lipinski definition) is 3. The lowest BCUT2D eigenvalue weighted by Gasteiger charge is -2.07. The van der Waals surface area contributed by atoms with Gasteiger partial charge in [-0.3, -0.25) is 0 Å². The van der Waals surface area contributed by atoms with Gasteiger partial charge in [-0.1, -0.05) is 17.8 Å². The van der Waals surface area contributed by atoms with Gasteiger partial charge in [0.2, 0.25) is 0 Å². The summed E-state index contributed by atoms with van der Waals surface area (Å²) in [6, 6.07) is 6.57. The maximum atomic E-state index is 13.8. The molecule has 0 radical (unpaired) electrons. The molecular formula is C13H13FO2S. The zero-order chi connectivity index (χ0) is 12.4. The minimum absolute atomic E-state index is 0.325. The molecule has 1 N–H and O–H groups in total. The topological polar surface area (TPSA) is 33.4 Å². The first-order valence-corrected chi connectivity index (χ1v) is 6.09. The standard InChI is InChI=1S/C13H13FO2S/c1-8(15)10-3-4-13(11(14)7-10)17-12-5-6-16-9(12)2/h3-8,15H,1-2H3/t8-/m0/s1. The van der Waals surface area contributed by atoms with Gasteiger partial charge in [-0.15, -0.1) is 0 Å². The second kappa shape index (κ2) is 4.94. The number of aliphatic hydroxyl groups is 1. The van der Waals surface area contributed by atoms with E-state index in [0.29, 0.717) is 10.5 Å². The third kappa shape index (κ3) is 2.70. The van der Waals surface area contributed by atoms with Gasteiger partial charge in [-0.05, 0) is 37.6 Å². The predicted molar refractivity (Wildman–Crippen MR) is 64.6 cm³/mol. The van der Waals surface area contributed by atoms with Crippen molar-refractivity contribution >= 4 is 11.8 Å². The molecule has 2 nitrogen and oxygen atoms in total. The maximum absolute atomic E-state index is 13.8. The minimum Gasteiger partial charge on any atom is -0.468 e. The van der Waals surface area contributed by atoms with Crippen LogP contribution in [0, 0.1) is 12.7 Å². The lowest BCUT2D eigenvalue weighted by molar-refractivity contribution is 0.198. The molecule has 0 saturated heterocycles. The van der Waals surface area contributed by atoms with Crippen LogP contribution < -0.4 is 0 Å². The summed E-state index contributed by atoms with van der Waals surface area (Å²) in [5.74, 6) is 0.447. The third-order valence-electron chi connectivity index (χ3n) is 2.47. The second-order valence-electron chi connectivity index (χ2n) is 3.81. The average molecular weight is 252 g/mol. The van der Waals surface area contributed by atoms with E-state index >= 15 is 0 Å². The van der Waals surface area contributed by atoms with Crippen molar-refractivity contribution in [2.24, 2.45) is 0 Å². The monoisotopic (exact) mass is 252 g/mol. The summed E-state index contributed by atoms with van der Waals surface area (Å²) in [7, 11) is 0. The van der Waals surface area contributed by atoms with E-state index in [1.54, 1.807) is 25.3 Å². The van der Waals surface area contributed by atoms with Crippen LogP contribution in [-0.4, -0.2) is 5.11 Å². The predicted octanol–water partition coefficient (Wildman–Crippen LogP) is 3.93. The molecule has 0 amide bonds. The Morgan fingerprint density at radius 3 is 2.59 bits per heavy atom. The molecule has 90 valence electrons. The SMILES string of the molecule is Cc1occc1Sc1ccc([C@H](C)O)cc1F. The van der Waals surface area contributed by atoms with E-state index in [2.05, 4.69) is 0 Å². The van der Waals surface area contributed by atoms with Crippen molar-refractivity contribution in [2.45, 2.75) is 29.7 Å². The van der Waals surface area contributed by atoms with Gasteiger partial charge in [0, 0.05) is 4.90 Å². The van der Waals surface area contributed by atoms with Crippen molar-refractivity contribution in [3.63, 3.8) is 0 Å². The van der Waals surface area contributed by atoms with Gasteiger partial charge >= 0.3 is 0 Å². The Balaban J connectivity index is 2.26. The first-order valence-electron chi connectivity index (χ1n) is 5.27. The van der Waals surface area contributed by atoms with Crippen LogP contribution in [0.2, 0.25) is 0 Å². The number of benzene rings is 1. The fourth-order valence-corrected chi connectivity index (χ4v) is 2.30. The summed E-state index contributed by atoms with van der Waals surface area (Å²) in [5, 5.41) is 9.35. The summed E-state index contributed by atoms with van der Waals surface area (Å²) >= 11 is 1.32. The molecular weight excluding hydrogens is 239 g/mol. The third-order valence-corrected chi connectivity index (χ3v) is 3.66. The molecule has 0 fully saturated rings. The lowest BCUT2D eigenvalue weighted by Crippen LogP contribution is -1.92. The van der Waals surface area contributed by atoms with Gasteiger partial charge in [0.15, 0.2) is 0 Å². The Bertz CT molecular complexity index is 520. The lowest BCUT2D eigenvalue weighted by atomic mass is 10.1. The molecule has 4 heteroatoms. The number of aliphatic hydroxyl groups excluding tert-OH is 1. The molecule has 0 saturated carbocycles. The number of aryl methyl sites for hydroxylation is 1. The average Bonchev–Trinajstić information content (AvgIpc) is 2.67.